The highest BCUT2D eigenvalue weighted by Gasteiger charge is 2.02. The van der Waals surface area contributed by atoms with E-state index in [1.807, 2.05) is 53.1 Å². The zero-order valence-electron chi connectivity index (χ0n) is 9.58. The average molecular weight is 303 g/mol. The molecule has 0 amide bonds. The maximum Gasteiger partial charge on any atom is 0.141 e. The van der Waals surface area contributed by atoms with Gasteiger partial charge >= 0.3 is 0 Å². The SMILES string of the molecule is Brc1cnc2cc(OCc3ccccc3)ccn12. The van der Waals surface area contributed by atoms with Gasteiger partial charge < -0.3 is 4.74 Å². The molecule has 3 nitrogen and oxygen atoms in total. The highest BCUT2D eigenvalue weighted by Crippen LogP contribution is 2.19. The number of hydrogen-bond donors (Lipinski definition) is 0. The van der Waals surface area contributed by atoms with Crippen molar-refractivity contribution in [2.24, 2.45) is 0 Å². The number of imidazole rings is 1. The summed E-state index contributed by atoms with van der Waals surface area (Å²) in [5, 5.41) is 0. The van der Waals surface area contributed by atoms with Crippen molar-refractivity contribution in [1.29, 1.82) is 0 Å². The standard InChI is InChI=1S/C14H11BrN2O/c15-13-9-16-14-8-12(6-7-17(13)14)18-10-11-4-2-1-3-5-11/h1-9H,10H2. The predicted octanol–water partition coefficient (Wildman–Crippen LogP) is 3.68. The van der Waals surface area contributed by atoms with Crippen LogP contribution in [-0.2, 0) is 6.61 Å². The summed E-state index contributed by atoms with van der Waals surface area (Å²) >= 11 is 3.43. The number of pyridine rings is 1. The number of aromatic nitrogens is 2. The van der Waals surface area contributed by atoms with E-state index in [1.54, 1.807) is 6.20 Å². The Labute approximate surface area is 113 Å². The van der Waals surface area contributed by atoms with E-state index in [0.29, 0.717) is 6.61 Å². The van der Waals surface area contributed by atoms with Gasteiger partial charge in [-0.05, 0) is 27.6 Å². The lowest BCUT2D eigenvalue weighted by atomic mass is 10.2. The number of fused-ring (bicyclic) bond motifs is 1. The molecule has 0 aliphatic heterocycles. The van der Waals surface area contributed by atoms with Gasteiger partial charge in [-0.3, -0.25) is 4.40 Å². The van der Waals surface area contributed by atoms with Crippen LogP contribution in [0.3, 0.4) is 0 Å². The summed E-state index contributed by atoms with van der Waals surface area (Å²) in [5.41, 5.74) is 2.02. The molecule has 18 heavy (non-hydrogen) atoms. The monoisotopic (exact) mass is 302 g/mol. The second-order valence-corrected chi connectivity index (χ2v) is 4.76. The van der Waals surface area contributed by atoms with Gasteiger partial charge in [0.1, 0.15) is 22.6 Å². The number of rotatable bonds is 3. The minimum absolute atomic E-state index is 0.568. The Hall–Kier alpha value is -1.81. The van der Waals surface area contributed by atoms with Crippen molar-refractivity contribution in [3.8, 4) is 5.75 Å². The summed E-state index contributed by atoms with van der Waals surface area (Å²) in [6.45, 7) is 0.568. The van der Waals surface area contributed by atoms with Crippen LogP contribution in [0.1, 0.15) is 5.56 Å². The topological polar surface area (TPSA) is 26.5 Å². The molecule has 90 valence electrons. The van der Waals surface area contributed by atoms with E-state index in [-0.39, 0.29) is 0 Å². The number of halogens is 1. The van der Waals surface area contributed by atoms with Crippen LogP contribution in [0, 0.1) is 0 Å². The fourth-order valence-electron chi connectivity index (χ4n) is 1.76. The van der Waals surface area contributed by atoms with Gasteiger partial charge in [0.25, 0.3) is 0 Å². The first kappa shape index (κ1) is 11.3. The van der Waals surface area contributed by atoms with E-state index in [0.717, 1.165) is 21.6 Å². The highest BCUT2D eigenvalue weighted by molar-refractivity contribution is 9.10. The van der Waals surface area contributed by atoms with Crippen molar-refractivity contribution in [3.05, 3.63) is 65.0 Å². The van der Waals surface area contributed by atoms with E-state index in [1.165, 1.54) is 0 Å². The summed E-state index contributed by atoms with van der Waals surface area (Å²) in [5.74, 6) is 0.824. The van der Waals surface area contributed by atoms with Gasteiger partial charge in [-0.1, -0.05) is 30.3 Å². The van der Waals surface area contributed by atoms with Crippen LogP contribution in [0.4, 0.5) is 0 Å². The first-order valence-electron chi connectivity index (χ1n) is 5.62. The average Bonchev–Trinajstić information content (AvgIpc) is 2.79. The molecular weight excluding hydrogens is 292 g/mol. The molecule has 0 saturated heterocycles. The normalized spacial score (nSPS) is 10.7. The summed E-state index contributed by atoms with van der Waals surface area (Å²) in [7, 11) is 0. The molecule has 2 aromatic heterocycles. The fraction of sp³-hybridized carbons (Fsp3) is 0.0714. The minimum Gasteiger partial charge on any atom is -0.489 e. The van der Waals surface area contributed by atoms with Crippen LogP contribution in [-0.4, -0.2) is 9.38 Å². The van der Waals surface area contributed by atoms with E-state index >= 15 is 0 Å². The van der Waals surface area contributed by atoms with Crippen molar-refractivity contribution in [1.82, 2.24) is 9.38 Å². The molecule has 0 N–H and O–H groups in total. The highest BCUT2D eigenvalue weighted by atomic mass is 79.9. The molecule has 0 fully saturated rings. The molecule has 4 heteroatoms. The molecule has 1 aromatic carbocycles. The number of ether oxygens (including phenoxy) is 1. The molecule has 0 saturated carbocycles. The van der Waals surface area contributed by atoms with Crippen molar-refractivity contribution < 1.29 is 4.74 Å². The summed E-state index contributed by atoms with van der Waals surface area (Å²) < 4.78 is 8.63. The van der Waals surface area contributed by atoms with Crippen LogP contribution >= 0.6 is 15.9 Å². The third-order valence-electron chi connectivity index (χ3n) is 2.69. The van der Waals surface area contributed by atoms with Gasteiger partial charge in [-0.25, -0.2) is 4.98 Å². The Balaban J connectivity index is 1.79. The van der Waals surface area contributed by atoms with Crippen LogP contribution in [0.25, 0.3) is 5.65 Å². The van der Waals surface area contributed by atoms with Gasteiger partial charge in [-0.2, -0.15) is 0 Å². The molecule has 0 atom stereocenters. The summed E-state index contributed by atoms with van der Waals surface area (Å²) in [6.07, 6.45) is 3.71. The lowest BCUT2D eigenvalue weighted by molar-refractivity contribution is 0.306. The molecular formula is C14H11BrN2O. The number of benzene rings is 1. The zero-order chi connectivity index (χ0) is 12.4. The van der Waals surface area contributed by atoms with Crippen LogP contribution in [0.2, 0.25) is 0 Å². The Kier molecular flexibility index (Phi) is 3.02. The van der Waals surface area contributed by atoms with Crippen LogP contribution < -0.4 is 4.74 Å². The smallest absolute Gasteiger partial charge is 0.141 e. The fourth-order valence-corrected chi connectivity index (χ4v) is 2.16. The Morgan fingerprint density at radius 3 is 2.83 bits per heavy atom. The first-order chi connectivity index (χ1) is 8.83. The molecule has 3 aromatic rings. The van der Waals surface area contributed by atoms with E-state index in [2.05, 4.69) is 20.9 Å². The quantitative estimate of drug-likeness (QED) is 0.738. The van der Waals surface area contributed by atoms with E-state index in [9.17, 15) is 0 Å². The summed E-state index contributed by atoms with van der Waals surface area (Å²) in [6, 6.07) is 14.0. The number of hydrogen-bond acceptors (Lipinski definition) is 2. The third-order valence-corrected chi connectivity index (χ3v) is 3.27. The lowest BCUT2D eigenvalue weighted by Crippen LogP contribution is -1.95. The maximum absolute atomic E-state index is 5.74. The van der Waals surface area contributed by atoms with Gasteiger partial charge in [0.05, 0.1) is 6.20 Å². The molecule has 0 aliphatic rings. The van der Waals surface area contributed by atoms with Crippen molar-refractivity contribution >= 4 is 21.6 Å². The number of nitrogens with zero attached hydrogens (tertiary/aromatic N) is 2. The first-order valence-corrected chi connectivity index (χ1v) is 6.41. The largest absolute Gasteiger partial charge is 0.489 e. The predicted molar refractivity (Wildman–Crippen MR) is 73.7 cm³/mol. The van der Waals surface area contributed by atoms with Crippen molar-refractivity contribution in [2.75, 3.05) is 0 Å². The molecule has 2 heterocycles. The lowest BCUT2D eigenvalue weighted by Gasteiger charge is -2.06. The van der Waals surface area contributed by atoms with Crippen molar-refractivity contribution in [3.63, 3.8) is 0 Å². The molecule has 0 radical (unpaired) electrons. The van der Waals surface area contributed by atoms with Crippen LogP contribution in [0.15, 0.2) is 59.5 Å². The van der Waals surface area contributed by atoms with Gasteiger partial charge in [-0.15, -0.1) is 0 Å². The molecule has 0 unspecified atom stereocenters. The maximum atomic E-state index is 5.74. The van der Waals surface area contributed by atoms with Gasteiger partial charge in [0, 0.05) is 12.3 Å². The Morgan fingerprint density at radius 2 is 2.00 bits per heavy atom. The second-order valence-electron chi connectivity index (χ2n) is 3.95. The molecule has 0 bridgehead atoms. The molecule has 0 spiro atoms. The third kappa shape index (κ3) is 2.24. The van der Waals surface area contributed by atoms with Crippen LogP contribution in [0.5, 0.6) is 5.75 Å². The zero-order valence-corrected chi connectivity index (χ0v) is 11.2. The van der Waals surface area contributed by atoms with Gasteiger partial charge in [0.2, 0.25) is 0 Å². The van der Waals surface area contributed by atoms with Gasteiger partial charge in [0.15, 0.2) is 0 Å². The second kappa shape index (κ2) is 4.82. The van der Waals surface area contributed by atoms with Crippen molar-refractivity contribution in [2.45, 2.75) is 6.61 Å². The summed E-state index contributed by atoms with van der Waals surface area (Å²) in [4.78, 5) is 4.27. The molecule has 0 aliphatic carbocycles. The Bertz CT molecular complexity index is 664. The molecule has 3 rings (SSSR count). The van der Waals surface area contributed by atoms with E-state index < -0.39 is 0 Å². The van der Waals surface area contributed by atoms with E-state index in [4.69, 9.17) is 4.74 Å². The minimum atomic E-state index is 0.568. The Morgan fingerprint density at radius 1 is 1.17 bits per heavy atom.